The molecule has 0 radical (unpaired) electrons. The van der Waals surface area contributed by atoms with Gasteiger partial charge < -0.3 is 14.0 Å². The van der Waals surface area contributed by atoms with Crippen LogP contribution in [0, 0.1) is 0 Å². The van der Waals surface area contributed by atoms with Crippen LogP contribution in [0.5, 0.6) is 5.75 Å². The first-order valence-electron chi connectivity index (χ1n) is 8.56. The molecule has 0 fully saturated rings. The van der Waals surface area contributed by atoms with Crippen LogP contribution in [-0.2, 0) is 4.74 Å². The molecule has 0 bridgehead atoms. The Balaban J connectivity index is 2.02. The number of ether oxygens (including phenoxy) is 2. The number of para-hydroxylation sites is 3. The van der Waals surface area contributed by atoms with Crippen LogP contribution in [-0.4, -0.2) is 34.5 Å². The molecule has 4 rings (SSSR count). The molecule has 2 heterocycles. The Morgan fingerprint density at radius 2 is 1.68 bits per heavy atom. The first-order chi connectivity index (χ1) is 13.6. The van der Waals surface area contributed by atoms with Gasteiger partial charge in [-0.2, -0.15) is 9.78 Å². The van der Waals surface area contributed by atoms with Gasteiger partial charge in [-0.25, -0.2) is 4.79 Å². The predicted molar refractivity (Wildman–Crippen MR) is 104 cm³/mol. The molecule has 0 aromatic heterocycles. The molecular formula is C21H17N3O4. The van der Waals surface area contributed by atoms with E-state index in [1.165, 1.54) is 11.8 Å². The molecule has 0 unspecified atom stereocenters. The molecule has 140 valence electrons. The van der Waals surface area contributed by atoms with E-state index < -0.39 is 5.97 Å². The summed E-state index contributed by atoms with van der Waals surface area (Å²) in [5, 5.41) is 4.39. The van der Waals surface area contributed by atoms with Crippen LogP contribution < -0.4 is 10.3 Å². The molecule has 2 aliphatic heterocycles. The van der Waals surface area contributed by atoms with Crippen LogP contribution >= 0.6 is 0 Å². The average molecular weight is 375 g/mol. The van der Waals surface area contributed by atoms with Gasteiger partial charge in [0.05, 0.1) is 31.2 Å². The van der Waals surface area contributed by atoms with Crippen LogP contribution in [0.2, 0.25) is 0 Å². The molecule has 0 saturated heterocycles. The SMILES string of the molecule is COC(=O)c1cn(-c2ccccc2OC)cc2c(=O)n(-c3ccccc3)nc1-2. The summed E-state index contributed by atoms with van der Waals surface area (Å²) in [7, 11) is 2.85. The third-order valence-electron chi connectivity index (χ3n) is 4.44. The highest BCUT2D eigenvalue weighted by molar-refractivity contribution is 5.96. The van der Waals surface area contributed by atoms with Crippen molar-refractivity contribution < 1.29 is 14.3 Å². The van der Waals surface area contributed by atoms with Crippen molar-refractivity contribution in [1.82, 2.24) is 14.3 Å². The fourth-order valence-electron chi connectivity index (χ4n) is 3.09. The second-order valence-electron chi connectivity index (χ2n) is 6.06. The highest BCUT2D eigenvalue weighted by Gasteiger charge is 2.25. The number of hydrogen-bond donors (Lipinski definition) is 0. The molecule has 0 saturated carbocycles. The maximum Gasteiger partial charge on any atom is 0.341 e. The minimum absolute atomic E-state index is 0.192. The number of esters is 1. The van der Waals surface area contributed by atoms with Gasteiger partial charge in [-0.15, -0.1) is 0 Å². The molecule has 2 aromatic carbocycles. The van der Waals surface area contributed by atoms with E-state index in [4.69, 9.17) is 9.47 Å². The van der Waals surface area contributed by atoms with Crippen LogP contribution in [0.15, 0.2) is 71.8 Å². The Bertz CT molecular complexity index is 1180. The summed E-state index contributed by atoms with van der Waals surface area (Å²) in [5.74, 6) is 0.0255. The maximum absolute atomic E-state index is 13.0. The lowest BCUT2D eigenvalue weighted by atomic mass is 10.1. The number of carbonyl (C=O) groups excluding carboxylic acids is 1. The number of pyridine rings is 1. The fraction of sp³-hybridized carbons (Fsp3) is 0.0952. The monoisotopic (exact) mass is 375 g/mol. The first-order valence-corrected chi connectivity index (χ1v) is 8.56. The van der Waals surface area contributed by atoms with Crippen molar-refractivity contribution in [3.05, 3.63) is 82.9 Å². The van der Waals surface area contributed by atoms with E-state index in [1.807, 2.05) is 36.4 Å². The number of fused-ring (bicyclic) bond motifs is 1. The summed E-state index contributed by atoms with van der Waals surface area (Å²) in [4.78, 5) is 25.4. The summed E-state index contributed by atoms with van der Waals surface area (Å²) < 4.78 is 13.3. The summed E-state index contributed by atoms with van der Waals surface area (Å²) in [6.45, 7) is 0. The molecule has 0 spiro atoms. The van der Waals surface area contributed by atoms with Crippen LogP contribution in [0.3, 0.4) is 0 Å². The van der Waals surface area contributed by atoms with E-state index >= 15 is 0 Å². The fourth-order valence-corrected chi connectivity index (χ4v) is 3.09. The lowest BCUT2D eigenvalue weighted by Gasteiger charge is -2.14. The van der Waals surface area contributed by atoms with Gasteiger partial charge >= 0.3 is 5.97 Å². The third-order valence-corrected chi connectivity index (χ3v) is 4.44. The van der Waals surface area contributed by atoms with Crippen LogP contribution in [0.1, 0.15) is 10.4 Å². The number of nitrogens with zero attached hydrogens (tertiary/aromatic N) is 3. The van der Waals surface area contributed by atoms with Gasteiger partial charge in [0, 0.05) is 12.4 Å². The van der Waals surface area contributed by atoms with Crippen LogP contribution in [0.25, 0.3) is 22.6 Å². The Morgan fingerprint density at radius 3 is 2.39 bits per heavy atom. The average Bonchev–Trinajstić information content (AvgIpc) is 3.09. The number of methoxy groups -OCH3 is 2. The largest absolute Gasteiger partial charge is 0.495 e. The van der Waals surface area contributed by atoms with E-state index in [9.17, 15) is 9.59 Å². The molecule has 2 aromatic rings. The molecule has 0 atom stereocenters. The van der Waals surface area contributed by atoms with Crippen molar-refractivity contribution in [1.29, 1.82) is 0 Å². The van der Waals surface area contributed by atoms with E-state index in [2.05, 4.69) is 5.10 Å². The standard InChI is InChI=1S/C21H17N3O4/c1-27-18-11-7-6-10-17(18)23-12-15-19(16(13-23)21(26)28-2)22-24(20(15)25)14-8-4-3-5-9-14/h3-13H,1-2H3. The predicted octanol–water partition coefficient (Wildman–Crippen LogP) is 2.92. The van der Waals surface area contributed by atoms with E-state index in [-0.39, 0.29) is 16.8 Å². The minimum Gasteiger partial charge on any atom is -0.495 e. The van der Waals surface area contributed by atoms with E-state index in [0.29, 0.717) is 22.7 Å². The highest BCUT2D eigenvalue weighted by atomic mass is 16.5. The number of rotatable bonds is 4. The number of benzene rings is 2. The summed E-state index contributed by atoms with van der Waals surface area (Å²) in [6.07, 6.45) is 3.24. The quantitative estimate of drug-likeness (QED) is 0.513. The normalized spacial score (nSPS) is 10.8. The first kappa shape index (κ1) is 17.5. The maximum atomic E-state index is 13.0. The summed E-state index contributed by atoms with van der Waals surface area (Å²) in [5.41, 5.74) is 1.75. The highest BCUT2D eigenvalue weighted by Crippen LogP contribution is 2.28. The number of hydrogen-bond acceptors (Lipinski definition) is 5. The van der Waals surface area contributed by atoms with E-state index in [1.54, 1.807) is 42.3 Å². The Morgan fingerprint density at radius 1 is 0.964 bits per heavy atom. The summed E-state index contributed by atoms with van der Waals surface area (Å²) >= 11 is 0. The van der Waals surface area contributed by atoms with E-state index in [0.717, 1.165) is 0 Å². The zero-order chi connectivity index (χ0) is 19.7. The minimum atomic E-state index is -0.577. The Hall–Kier alpha value is -3.87. The second kappa shape index (κ2) is 7.03. The molecule has 28 heavy (non-hydrogen) atoms. The molecule has 0 N–H and O–H groups in total. The van der Waals surface area contributed by atoms with Gasteiger partial charge in [0.1, 0.15) is 17.0 Å². The van der Waals surface area contributed by atoms with Crippen molar-refractivity contribution in [2.24, 2.45) is 0 Å². The molecule has 0 amide bonds. The smallest absolute Gasteiger partial charge is 0.341 e. The molecule has 7 heteroatoms. The van der Waals surface area contributed by atoms with Crippen molar-refractivity contribution in [2.75, 3.05) is 14.2 Å². The van der Waals surface area contributed by atoms with Crippen LogP contribution in [0.4, 0.5) is 0 Å². The lowest BCUT2D eigenvalue weighted by Crippen LogP contribution is -2.15. The van der Waals surface area contributed by atoms with Gasteiger partial charge in [-0.05, 0) is 24.3 Å². The summed E-state index contributed by atoms with van der Waals surface area (Å²) in [6, 6.07) is 16.4. The number of carbonyl (C=O) groups is 1. The van der Waals surface area contributed by atoms with Crippen molar-refractivity contribution in [2.45, 2.75) is 0 Å². The van der Waals surface area contributed by atoms with Crippen molar-refractivity contribution >= 4 is 5.97 Å². The topological polar surface area (TPSA) is 75.3 Å². The third kappa shape index (κ3) is 2.83. The molecule has 2 aliphatic rings. The molecule has 0 aliphatic carbocycles. The van der Waals surface area contributed by atoms with Crippen molar-refractivity contribution in [3.8, 4) is 28.4 Å². The van der Waals surface area contributed by atoms with Gasteiger partial charge in [0.2, 0.25) is 0 Å². The zero-order valence-corrected chi connectivity index (χ0v) is 15.3. The Labute approximate surface area is 160 Å². The zero-order valence-electron chi connectivity index (χ0n) is 15.3. The number of aromatic nitrogens is 3. The molecular weight excluding hydrogens is 358 g/mol. The van der Waals surface area contributed by atoms with Gasteiger partial charge in [0.25, 0.3) is 5.56 Å². The Kier molecular flexibility index (Phi) is 4.41. The second-order valence-corrected chi connectivity index (χ2v) is 6.06. The van der Waals surface area contributed by atoms with Gasteiger partial charge in [-0.1, -0.05) is 30.3 Å². The lowest BCUT2D eigenvalue weighted by molar-refractivity contribution is 0.0600. The molecule has 7 nitrogen and oxygen atoms in total. The van der Waals surface area contributed by atoms with Gasteiger partial charge in [0.15, 0.2) is 0 Å². The van der Waals surface area contributed by atoms with Gasteiger partial charge in [-0.3, -0.25) is 4.79 Å². The van der Waals surface area contributed by atoms with Crippen molar-refractivity contribution in [3.63, 3.8) is 0 Å².